The molecule has 3 aromatic heterocycles. The van der Waals surface area contributed by atoms with Crippen molar-refractivity contribution in [3.63, 3.8) is 0 Å². The molecule has 0 radical (unpaired) electrons. The first-order chi connectivity index (χ1) is 12.6. The lowest BCUT2D eigenvalue weighted by molar-refractivity contribution is -0.121. The van der Waals surface area contributed by atoms with Gasteiger partial charge in [0.1, 0.15) is 10.7 Å². The van der Waals surface area contributed by atoms with Crippen molar-refractivity contribution in [2.24, 2.45) is 0 Å². The second-order valence-corrected chi connectivity index (χ2v) is 8.39. The van der Waals surface area contributed by atoms with Crippen LogP contribution < -0.4 is 10.9 Å². The van der Waals surface area contributed by atoms with Crippen LogP contribution in [0.1, 0.15) is 54.1 Å². The number of carbonyl (C=O) groups is 1. The van der Waals surface area contributed by atoms with Gasteiger partial charge in [-0.15, -0.1) is 11.3 Å². The number of nitrogens with zero attached hydrogens (tertiary/aromatic N) is 2. The number of aromatic amines is 1. The van der Waals surface area contributed by atoms with Crippen molar-refractivity contribution < 1.29 is 4.79 Å². The summed E-state index contributed by atoms with van der Waals surface area (Å²) in [6.07, 6.45) is 6.82. The van der Waals surface area contributed by atoms with E-state index in [9.17, 15) is 9.59 Å². The molecule has 26 heavy (non-hydrogen) atoms. The Hall–Kier alpha value is -2.06. The summed E-state index contributed by atoms with van der Waals surface area (Å²) in [5.41, 5.74) is 2.12. The molecule has 1 atom stereocenters. The van der Waals surface area contributed by atoms with Gasteiger partial charge >= 0.3 is 0 Å². The molecule has 0 aromatic carbocycles. The van der Waals surface area contributed by atoms with Crippen LogP contribution in [0.25, 0.3) is 10.2 Å². The van der Waals surface area contributed by atoms with Crippen LogP contribution in [-0.4, -0.2) is 20.2 Å². The third-order valence-corrected chi connectivity index (χ3v) is 6.58. The number of aryl methyl sites for hydroxylation is 3. The first-order valence-corrected chi connectivity index (χ1v) is 10.5. The van der Waals surface area contributed by atoms with Crippen LogP contribution in [0.15, 0.2) is 16.4 Å². The number of hydrogen-bond acceptors (Lipinski definition) is 6. The van der Waals surface area contributed by atoms with Crippen molar-refractivity contribution in [3.8, 4) is 0 Å². The molecule has 3 heterocycles. The highest BCUT2D eigenvalue weighted by molar-refractivity contribution is 7.18. The zero-order chi connectivity index (χ0) is 18.1. The average molecular weight is 389 g/mol. The maximum Gasteiger partial charge on any atom is 0.259 e. The molecule has 8 heteroatoms. The van der Waals surface area contributed by atoms with E-state index in [1.807, 2.05) is 12.3 Å². The molecular weight excluding hydrogens is 368 g/mol. The van der Waals surface area contributed by atoms with Gasteiger partial charge in [0.15, 0.2) is 0 Å². The van der Waals surface area contributed by atoms with Crippen LogP contribution >= 0.6 is 22.9 Å². The molecule has 3 aromatic rings. The number of H-pyrrole nitrogens is 1. The van der Waals surface area contributed by atoms with Crippen LogP contribution in [-0.2, 0) is 24.1 Å². The number of fused-ring (bicyclic) bond motifs is 3. The number of nitrogens with one attached hydrogen (secondary N) is 2. The molecule has 1 unspecified atom stereocenters. The van der Waals surface area contributed by atoms with E-state index in [4.69, 9.17) is 0 Å². The number of amides is 1. The minimum absolute atomic E-state index is 0.0584. The number of rotatable bonds is 5. The third kappa shape index (κ3) is 3.43. The zero-order valence-electron chi connectivity index (χ0n) is 14.5. The molecule has 6 nitrogen and oxygen atoms in total. The highest BCUT2D eigenvalue weighted by Gasteiger charge is 2.20. The van der Waals surface area contributed by atoms with Gasteiger partial charge in [-0.25, -0.2) is 9.36 Å². The normalized spacial score (nSPS) is 15.0. The maximum absolute atomic E-state index is 12.5. The molecule has 1 aliphatic rings. The number of aromatic nitrogens is 3. The molecule has 1 aliphatic carbocycles. The van der Waals surface area contributed by atoms with E-state index in [1.165, 1.54) is 28.4 Å². The highest BCUT2D eigenvalue weighted by atomic mass is 32.1. The summed E-state index contributed by atoms with van der Waals surface area (Å²) in [5, 5.41) is 5.64. The average Bonchev–Trinajstić information content (AvgIpc) is 3.27. The van der Waals surface area contributed by atoms with Crippen LogP contribution in [0.5, 0.6) is 0 Å². The zero-order valence-corrected chi connectivity index (χ0v) is 16.1. The van der Waals surface area contributed by atoms with Gasteiger partial charge in [-0.1, -0.05) is 0 Å². The van der Waals surface area contributed by atoms with Crippen LogP contribution in [0.4, 0.5) is 0 Å². The SMILES string of the molecule is CC(NC(=O)CCc1nc2sc3c(c2c(=O)[nH]1)CCCC3)c1cnsc1. The van der Waals surface area contributed by atoms with Gasteiger partial charge in [0.2, 0.25) is 5.91 Å². The minimum atomic E-state index is -0.0697. The second kappa shape index (κ2) is 7.28. The van der Waals surface area contributed by atoms with Crippen molar-refractivity contribution in [3.05, 3.63) is 43.8 Å². The maximum atomic E-state index is 12.5. The number of hydrogen-bond donors (Lipinski definition) is 2. The van der Waals surface area contributed by atoms with Gasteiger partial charge in [0.05, 0.1) is 11.4 Å². The van der Waals surface area contributed by atoms with Gasteiger partial charge in [-0.2, -0.15) is 0 Å². The summed E-state index contributed by atoms with van der Waals surface area (Å²) in [6.45, 7) is 1.93. The Morgan fingerprint density at radius 2 is 2.23 bits per heavy atom. The van der Waals surface area contributed by atoms with E-state index in [2.05, 4.69) is 19.7 Å². The minimum Gasteiger partial charge on any atom is -0.349 e. The van der Waals surface area contributed by atoms with Crippen LogP contribution in [0, 0.1) is 0 Å². The lowest BCUT2D eigenvalue weighted by Crippen LogP contribution is -2.27. The van der Waals surface area contributed by atoms with E-state index in [-0.39, 0.29) is 17.5 Å². The second-order valence-electron chi connectivity index (χ2n) is 6.65. The van der Waals surface area contributed by atoms with Crippen molar-refractivity contribution >= 4 is 39.0 Å². The highest BCUT2D eigenvalue weighted by Crippen LogP contribution is 2.33. The molecule has 0 saturated carbocycles. The Kier molecular flexibility index (Phi) is 4.86. The first-order valence-electron chi connectivity index (χ1n) is 8.84. The Morgan fingerprint density at radius 1 is 1.38 bits per heavy atom. The van der Waals surface area contributed by atoms with Gasteiger partial charge in [-0.3, -0.25) is 9.59 Å². The van der Waals surface area contributed by atoms with E-state index in [1.54, 1.807) is 17.5 Å². The summed E-state index contributed by atoms with van der Waals surface area (Å²) >= 11 is 3.00. The van der Waals surface area contributed by atoms with Crippen LogP contribution in [0.2, 0.25) is 0 Å². The topological polar surface area (TPSA) is 87.7 Å². The van der Waals surface area contributed by atoms with Crippen LogP contribution in [0.3, 0.4) is 0 Å². The summed E-state index contributed by atoms with van der Waals surface area (Å²) in [4.78, 5) is 34.3. The summed E-state index contributed by atoms with van der Waals surface area (Å²) < 4.78 is 4.05. The third-order valence-electron chi connectivity index (χ3n) is 4.79. The molecule has 2 N–H and O–H groups in total. The fraction of sp³-hybridized carbons (Fsp3) is 0.444. The van der Waals surface area contributed by atoms with Gasteiger partial charge in [0, 0.05) is 34.9 Å². The Balaban J connectivity index is 1.46. The van der Waals surface area contributed by atoms with E-state index < -0.39 is 0 Å². The molecule has 0 fully saturated rings. The fourth-order valence-corrected chi connectivity index (χ4v) is 5.29. The van der Waals surface area contributed by atoms with Crippen molar-refractivity contribution in [2.45, 2.75) is 51.5 Å². The Labute approximate surface area is 158 Å². The van der Waals surface area contributed by atoms with Crippen molar-refractivity contribution in [1.82, 2.24) is 19.7 Å². The molecule has 136 valence electrons. The fourth-order valence-electron chi connectivity index (χ4n) is 3.38. The molecule has 1 amide bonds. The van der Waals surface area contributed by atoms with E-state index >= 15 is 0 Å². The Bertz CT molecular complexity index is 991. The Morgan fingerprint density at radius 3 is 3.04 bits per heavy atom. The van der Waals surface area contributed by atoms with Gasteiger partial charge in [0.25, 0.3) is 5.56 Å². The lowest BCUT2D eigenvalue weighted by Gasteiger charge is -2.11. The standard InChI is InChI=1S/C18H20N4O2S2/c1-10(11-8-19-25-9-11)20-15(23)7-6-14-21-17(24)16-12-4-2-3-5-13(12)26-18(16)22-14/h8-10H,2-7H2,1H3,(H,20,23)(H,21,22,24). The van der Waals surface area contributed by atoms with E-state index in [0.29, 0.717) is 18.7 Å². The molecule has 4 rings (SSSR count). The summed E-state index contributed by atoms with van der Waals surface area (Å²) in [6, 6.07) is -0.0697. The summed E-state index contributed by atoms with van der Waals surface area (Å²) in [7, 11) is 0. The van der Waals surface area contributed by atoms with E-state index in [0.717, 1.165) is 35.0 Å². The quantitative estimate of drug-likeness (QED) is 0.703. The first kappa shape index (κ1) is 17.4. The largest absolute Gasteiger partial charge is 0.349 e. The predicted octanol–water partition coefficient (Wildman–Crippen LogP) is 3.13. The molecular formula is C18H20N4O2S2. The summed E-state index contributed by atoms with van der Waals surface area (Å²) in [5.74, 6) is 0.526. The molecule has 0 bridgehead atoms. The molecule has 0 aliphatic heterocycles. The molecule has 0 spiro atoms. The molecule has 0 saturated heterocycles. The van der Waals surface area contributed by atoms with Gasteiger partial charge < -0.3 is 10.3 Å². The predicted molar refractivity (Wildman–Crippen MR) is 104 cm³/mol. The number of thiophene rings is 1. The van der Waals surface area contributed by atoms with Crippen molar-refractivity contribution in [1.29, 1.82) is 0 Å². The van der Waals surface area contributed by atoms with Gasteiger partial charge in [-0.05, 0) is 49.7 Å². The lowest BCUT2D eigenvalue weighted by atomic mass is 9.97. The number of carbonyl (C=O) groups excluding carboxylic acids is 1. The van der Waals surface area contributed by atoms with Crippen molar-refractivity contribution in [2.75, 3.05) is 0 Å². The smallest absolute Gasteiger partial charge is 0.259 e. The monoisotopic (exact) mass is 388 g/mol.